The molecule has 84 valence electrons. The molecule has 0 aliphatic carbocycles. The molecule has 1 N–H and O–H groups in total. The first-order chi connectivity index (χ1) is 7.08. The second kappa shape index (κ2) is 5.25. The normalized spacial score (nSPS) is 14.8. The summed E-state index contributed by atoms with van der Waals surface area (Å²) in [6.45, 7) is 1.84. The Hall–Kier alpha value is -0.910. The number of carbonyl (C=O) groups is 1. The number of thiophene rings is 1. The predicted molar refractivity (Wildman–Crippen MR) is 57.0 cm³/mol. The van der Waals surface area contributed by atoms with Crippen molar-refractivity contribution in [2.45, 2.75) is 19.1 Å². The van der Waals surface area contributed by atoms with E-state index in [2.05, 4.69) is 0 Å². The van der Waals surface area contributed by atoms with Gasteiger partial charge in [-0.15, -0.1) is 11.3 Å². The molecule has 1 aromatic heterocycles. The van der Waals surface area contributed by atoms with Crippen molar-refractivity contribution in [1.29, 1.82) is 0 Å². The average Bonchev–Trinajstić information content (AvgIpc) is 2.67. The predicted octanol–water partition coefficient (Wildman–Crippen LogP) is 1.75. The van der Waals surface area contributed by atoms with Crippen LogP contribution in [0.3, 0.4) is 0 Å². The number of ether oxygens (including phenoxy) is 2. The first-order valence-corrected chi connectivity index (χ1v) is 5.35. The van der Waals surface area contributed by atoms with E-state index in [0.29, 0.717) is 6.61 Å². The van der Waals surface area contributed by atoms with E-state index in [1.54, 1.807) is 0 Å². The smallest absolute Gasteiger partial charge is 0.338 e. The minimum Gasteiger partial charge on any atom is -0.479 e. The highest BCUT2D eigenvalue weighted by Crippen LogP contribution is 2.17. The van der Waals surface area contributed by atoms with Gasteiger partial charge in [-0.25, -0.2) is 4.79 Å². The van der Waals surface area contributed by atoms with E-state index in [0.717, 1.165) is 4.88 Å². The van der Waals surface area contributed by atoms with Crippen molar-refractivity contribution in [2.75, 3.05) is 13.7 Å². The van der Waals surface area contributed by atoms with Crippen LogP contribution in [0.5, 0.6) is 0 Å². The molecule has 0 amide bonds. The quantitative estimate of drug-likeness (QED) is 0.809. The van der Waals surface area contributed by atoms with Gasteiger partial charge in [-0.3, -0.25) is 0 Å². The van der Waals surface area contributed by atoms with Gasteiger partial charge in [-0.05, 0) is 18.4 Å². The summed E-state index contributed by atoms with van der Waals surface area (Å²) in [7, 11) is 1.45. The highest BCUT2D eigenvalue weighted by atomic mass is 32.1. The van der Waals surface area contributed by atoms with E-state index in [-0.39, 0.29) is 6.61 Å². The van der Waals surface area contributed by atoms with Crippen molar-refractivity contribution in [2.24, 2.45) is 0 Å². The molecule has 0 spiro atoms. The van der Waals surface area contributed by atoms with Crippen LogP contribution >= 0.6 is 11.3 Å². The second-order valence-electron chi connectivity index (χ2n) is 3.34. The Morgan fingerprint density at radius 1 is 1.67 bits per heavy atom. The van der Waals surface area contributed by atoms with Crippen LogP contribution in [-0.2, 0) is 20.9 Å². The monoisotopic (exact) mass is 230 g/mol. The molecule has 0 fully saturated rings. The molecule has 5 heteroatoms. The first-order valence-electron chi connectivity index (χ1n) is 4.47. The lowest BCUT2D eigenvalue weighted by molar-refractivity contribution is -0.172. The van der Waals surface area contributed by atoms with Crippen LogP contribution in [0, 0.1) is 0 Å². The zero-order chi connectivity index (χ0) is 11.3. The summed E-state index contributed by atoms with van der Waals surface area (Å²) >= 11 is 1.53. The number of aliphatic carboxylic acids is 1. The zero-order valence-electron chi connectivity index (χ0n) is 8.73. The molecule has 1 heterocycles. The fourth-order valence-electron chi connectivity index (χ4n) is 1.07. The van der Waals surface area contributed by atoms with E-state index in [1.165, 1.54) is 25.4 Å². The van der Waals surface area contributed by atoms with E-state index < -0.39 is 11.6 Å². The number of rotatable bonds is 6. The van der Waals surface area contributed by atoms with Crippen LogP contribution in [-0.4, -0.2) is 30.4 Å². The Morgan fingerprint density at radius 2 is 2.40 bits per heavy atom. The third-order valence-corrected chi connectivity index (χ3v) is 2.84. The molecule has 0 radical (unpaired) electrons. The molecular formula is C10H14O4S. The molecule has 0 aliphatic rings. The largest absolute Gasteiger partial charge is 0.479 e. The van der Waals surface area contributed by atoms with Crippen molar-refractivity contribution in [3.63, 3.8) is 0 Å². The van der Waals surface area contributed by atoms with Crippen LogP contribution in [0.2, 0.25) is 0 Å². The SMILES string of the molecule is COCC(C)(OCc1cccs1)C(=O)O. The van der Waals surface area contributed by atoms with Gasteiger partial charge >= 0.3 is 5.97 Å². The van der Waals surface area contributed by atoms with Crippen molar-refractivity contribution in [3.8, 4) is 0 Å². The molecule has 0 bridgehead atoms. The topological polar surface area (TPSA) is 55.8 Å². The minimum absolute atomic E-state index is 0.0354. The molecule has 15 heavy (non-hydrogen) atoms. The maximum Gasteiger partial charge on any atom is 0.338 e. The Kier molecular flexibility index (Phi) is 4.26. The maximum atomic E-state index is 11.0. The van der Waals surface area contributed by atoms with E-state index in [1.807, 2.05) is 17.5 Å². The van der Waals surface area contributed by atoms with Crippen molar-refractivity contribution in [1.82, 2.24) is 0 Å². The Bertz CT molecular complexity index is 309. The van der Waals surface area contributed by atoms with Crippen LogP contribution in [0.4, 0.5) is 0 Å². The summed E-state index contributed by atoms with van der Waals surface area (Å²) in [6.07, 6.45) is 0. The molecule has 1 unspecified atom stereocenters. The van der Waals surface area contributed by atoms with Gasteiger partial charge in [0.1, 0.15) is 0 Å². The molecule has 0 aromatic carbocycles. The van der Waals surface area contributed by atoms with Crippen LogP contribution in [0.15, 0.2) is 17.5 Å². The van der Waals surface area contributed by atoms with Crippen molar-refractivity contribution in [3.05, 3.63) is 22.4 Å². The number of hydrogen-bond acceptors (Lipinski definition) is 4. The van der Waals surface area contributed by atoms with Crippen LogP contribution in [0.1, 0.15) is 11.8 Å². The number of carboxylic acid groups (broad SMARTS) is 1. The van der Waals surface area contributed by atoms with Gasteiger partial charge in [0, 0.05) is 12.0 Å². The highest BCUT2D eigenvalue weighted by molar-refractivity contribution is 7.09. The Balaban J connectivity index is 2.56. The molecule has 1 atom stereocenters. The molecule has 1 rings (SSSR count). The molecule has 0 aliphatic heterocycles. The van der Waals surface area contributed by atoms with Crippen molar-refractivity contribution < 1.29 is 19.4 Å². The highest BCUT2D eigenvalue weighted by Gasteiger charge is 2.34. The van der Waals surface area contributed by atoms with Gasteiger partial charge in [-0.1, -0.05) is 6.07 Å². The van der Waals surface area contributed by atoms with Gasteiger partial charge in [0.15, 0.2) is 5.60 Å². The summed E-state index contributed by atoms with van der Waals surface area (Å²) in [5.74, 6) is -1.01. The number of hydrogen-bond donors (Lipinski definition) is 1. The fraction of sp³-hybridized carbons (Fsp3) is 0.500. The van der Waals surface area contributed by atoms with E-state index in [9.17, 15) is 4.79 Å². The first kappa shape index (κ1) is 12.2. The van der Waals surface area contributed by atoms with Gasteiger partial charge in [0.05, 0.1) is 13.2 Å². The summed E-state index contributed by atoms with van der Waals surface area (Å²) in [5, 5.41) is 10.9. The lowest BCUT2D eigenvalue weighted by Crippen LogP contribution is -2.42. The van der Waals surface area contributed by atoms with E-state index >= 15 is 0 Å². The van der Waals surface area contributed by atoms with E-state index in [4.69, 9.17) is 14.6 Å². The maximum absolute atomic E-state index is 11.0. The summed E-state index contributed by atoms with van der Waals surface area (Å²) in [6, 6.07) is 3.80. The molecular weight excluding hydrogens is 216 g/mol. The zero-order valence-corrected chi connectivity index (χ0v) is 9.54. The van der Waals surface area contributed by atoms with Crippen molar-refractivity contribution >= 4 is 17.3 Å². The van der Waals surface area contributed by atoms with Gasteiger partial charge in [0.2, 0.25) is 0 Å². The van der Waals surface area contributed by atoms with Gasteiger partial charge in [0.25, 0.3) is 0 Å². The molecule has 0 saturated heterocycles. The average molecular weight is 230 g/mol. The minimum atomic E-state index is -1.28. The lowest BCUT2D eigenvalue weighted by Gasteiger charge is -2.23. The Labute approximate surface area is 92.4 Å². The molecule has 4 nitrogen and oxygen atoms in total. The summed E-state index contributed by atoms with van der Waals surface area (Å²) < 4.78 is 10.2. The molecule has 0 saturated carbocycles. The van der Waals surface area contributed by atoms with Gasteiger partial charge < -0.3 is 14.6 Å². The Morgan fingerprint density at radius 3 is 2.87 bits per heavy atom. The second-order valence-corrected chi connectivity index (χ2v) is 4.37. The van der Waals surface area contributed by atoms with Crippen LogP contribution in [0.25, 0.3) is 0 Å². The number of methoxy groups -OCH3 is 1. The standard InChI is InChI=1S/C10H14O4S/c1-10(7-13-2,9(11)12)14-6-8-4-3-5-15-8/h3-5H,6-7H2,1-2H3,(H,11,12). The summed E-state index contributed by atoms with van der Waals surface area (Å²) in [5.41, 5.74) is -1.28. The fourth-order valence-corrected chi connectivity index (χ4v) is 1.68. The third-order valence-electron chi connectivity index (χ3n) is 1.99. The molecule has 1 aromatic rings. The third kappa shape index (κ3) is 3.30. The van der Waals surface area contributed by atoms with Crippen LogP contribution < -0.4 is 0 Å². The van der Waals surface area contributed by atoms with Gasteiger partial charge in [-0.2, -0.15) is 0 Å². The number of carboxylic acids is 1. The summed E-state index contributed by atoms with van der Waals surface area (Å²) in [4.78, 5) is 12.0. The lowest BCUT2D eigenvalue weighted by atomic mass is 10.1.